The van der Waals surface area contributed by atoms with Crippen molar-refractivity contribution in [3.63, 3.8) is 0 Å². The van der Waals surface area contributed by atoms with Gasteiger partial charge in [-0.2, -0.15) is 0 Å². The van der Waals surface area contributed by atoms with Crippen molar-refractivity contribution in [1.29, 1.82) is 0 Å². The van der Waals surface area contributed by atoms with Gasteiger partial charge >= 0.3 is 0 Å². The molecule has 0 saturated heterocycles. The number of nitrogens with zero attached hydrogens (tertiary/aromatic N) is 4. The summed E-state index contributed by atoms with van der Waals surface area (Å²) < 4.78 is 5.56. The van der Waals surface area contributed by atoms with Crippen LogP contribution in [0, 0.1) is 6.92 Å². The molecule has 1 N–H and O–H groups in total. The molecule has 3 rings (SSSR count). The number of aryl methyl sites for hydroxylation is 1. The van der Waals surface area contributed by atoms with Crippen LogP contribution in [0.2, 0.25) is 0 Å². The third-order valence-corrected chi connectivity index (χ3v) is 3.06. The summed E-state index contributed by atoms with van der Waals surface area (Å²) in [5.41, 5.74) is 4.21. The van der Waals surface area contributed by atoms with Crippen LogP contribution < -0.4 is 5.43 Å². The van der Waals surface area contributed by atoms with Crippen molar-refractivity contribution in [2.75, 3.05) is 7.05 Å². The summed E-state index contributed by atoms with van der Waals surface area (Å²) in [5.74, 6) is 1.33. The van der Waals surface area contributed by atoms with Gasteiger partial charge in [-0.05, 0) is 19.8 Å². The van der Waals surface area contributed by atoms with E-state index in [2.05, 4.69) is 26.8 Å². The van der Waals surface area contributed by atoms with Crippen LogP contribution in [0.25, 0.3) is 0 Å². The van der Waals surface area contributed by atoms with E-state index in [0.717, 1.165) is 18.5 Å². The van der Waals surface area contributed by atoms with Gasteiger partial charge in [-0.3, -0.25) is 5.01 Å². The van der Waals surface area contributed by atoms with Crippen molar-refractivity contribution >= 4 is 0 Å². The van der Waals surface area contributed by atoms with Gasteiger partial charge in [-0.25, -0.2) is 0 Å². The molecule has 16 heavy (non-hydrogen) atoms. The zero-order chi connectivity index (χ0) is 11.3. The summed E-state index contributed by atoms with van der Waals surface area (Å²) in [6.45, 7) is 3.85. The molecule has 0 bridgehead atoms. The molecular formula is C10H15N5O. The molecule has 6 nitrogen and oxygen atoms in total. The van der Waals surface area contributed by atoms with Gasteiger partial charge in [0.1, 0.15) is 5.54 Å². The van der Waals surface area contributed by atoms with Gasteiger partial charge in [0.15, 0.2) is 0 Å². The van der Waals surface area contributed by atoms with E-state index in [4.69, 9.17) is 4.42 Å². The standard InChI is InChI=1S/C10H15N5O/c1-7-6-15(14(3)13-7)10(4-5-10)9-12-11-8(2)16-9/h6,13H,4-5H2,1-3H3. The second-order valence-corrected chi connectivity index (χ2v) is 4.45. The predicted octanol–water partition coefficient (Wildman–Crippen LogP) is 0.895. The van der Waals surface area contributed by atoms with Crippen LogP contribution in [-0.4, -0.2) is 27.4 Å². The molecule has 1 aromatic rings. The fourth-order valence-corrected chi connectivity index (χ4v) is 2.16. The van der Waals surface area contributed by atoms with Crippen molar-refractivity contribution in [3.8, 4) is 0 Å². The Morgan fingerprint density at radius 3 is 2.56 bits per heavy atom. The largest absolute Gasteiger partial charge is 0.423 e. The molecule has 1 saturated carbocycles. The fraction of sp³-hybridized carbons (Fsp3) is 0.600. The van der Waals surface area contributed by atoms with Crippen LogP contribution >= 0.6 is 0 Å². The minimum absolute atomic E-state index is 0.124. The van der Waals surface area contributed by atoms with Gasteiger partial charge in [-0.1, -0.05) is 0 Å². The monoisotopic (exact) mass is 221 g/mol. The molecule has 2 aliphatic rings. The zero-order valence-corrected chi connectivity index (χ0v) is 9.69. The smallest absolute Gasteiger partial charge is 0.243 e. The molecule has 0 unspecified atom stereocenters. The molecule has 1 fully saturated rings. The molecule has 0 amide bonds. The fourth-order valence-electron chi connectivity index (χ4n) is 2.16. The summed E-state index contributed by atoms with van der Waals surface area (Å²) in [6.07, 6.45) is 4.17. The first-order valence-corrected chi connectivity index (χ1v) is 5.40. The second kappa shape index (κ2) is 2.98. The first kappa shape index (κ1) is 9.65. The van der Waals surface area contributed by atoms with Crippen molar-refractivity contribution < 1.29 is 4.42 Å². The Morgan fingerprint density at radius 1 is 1.38 bits per heavy atom. The van der Waals surface area contributed by atoms with Crippen molar-refractivity contribution in [2.24, 2.45) is 0 Å². The van der Waals surface area contributed by atoms with Gasteiger partial charge in [0, 0.05) is 25.9 Å². The maximum Gasteiger partial charge on any atom is 0.243 e. The quantitative estimate of drug-likeness (QED) is 0.800. The molecule has 1 aromatic heterocycles. The molecule has 6 heteroatoms. The van der Waals surface area contributed by atoms with Crippen molar-refractivity contribution in [1.82, 2.24) is 25.7 Å². The third-order valence-electron chi connectivity index (χ3n) is 3.06. The first-order valence-electron chi connectivity index (χ1n) is 5.40. The molecule has 0 radical (unpaired) electrons. The Labute approximate surface area is 93.9 Å². The lowest BCUT2D eigenvalue weighted by atomic mass is 10.2. The number of nitrogens with one attached hydrogen (secondary N) is 1. The first-order chi connectivity index (χ1) is 7.62. The van der Waals surface area contributed by atoms with E-state index in [9.17, 15) is 0 Å². The molecule has 0 atom stereocenters. The van der Waals surface area contributed by atoms with Crippen LogP contribution in [0.1, 0.15) is 31.5 Å². The van der Waals surface area contributed by atoms with Crippen LogP contribution in [0.5, 0.6) is 0 Å². The Balaban J connectivity index is 1.94. The minimum atomic E-state index is -0.124. The molecular weight excluding hydrogens is 206 g/mol. The second-order valence-electron chi connectivity index (χ2n) is 4.45. The van der Waals surface area contributed by atoms with E-state index in [1.54, 1.807) is 0 Å². The summed E-state index contributed by atoms with van der Waals surface area (Å²) in [7, 11) is 1.98. The number of hydrazine groups is 2. The number of allylic oxidation sites excluding steroid dienone is 1. The summed E-state index contributed by atoms with van der Waals surface area (Å²) in [5, 5.41) is 12.1. The normalized spacial score (nSPS) is 23.2. The Morgan fingerprint density at radius 2 is 2.12 bits per heavy atom. The SMILES string of the molecule is CC1=CN(C2(c3nnc(C)o3)CC2)N(C)N1. The summed E-state index contributed by atoms with van der Waals surface area (Å²) in [4.78, 5) is 0. The minimum Gasteiger partial charge on any atom is -0.423 e. The average molecular weight is 221 g/mol. The molecule has 1 aliphatic carbocycles. The Hall–Kier alpha value is -1.56. The number of rotatable bonds is 2. The highest BCUT2D eigenvalue weighted by molar-refractivity contribution is 5.17. The van der Waals surface area contributed by atoms with E-state index < -0.39 is 0 Å². The lowest BCUT2D eigenvalue weighted by Crippen LogP contribution is -2.44. The lowest BCUT2D eigenvalue weighted by Gasteiger charge is -2.30. The number of hydrogen-bond donors (Lipinski definition) is 1. The van der Waals surface area contributed by atoms with E-state index in [1.807, 2.05) is 26.0 Å². The Bertz CT molecular complexity index is 448. The number of aromatic nitrogens is 2. The predicted molar refractivity (Wildman–Crippen MR) is 56.4 cm³/mol. The van der Waals surface area contributed by atoms with Gasteiger partial charge in [0.25, 0.3) is 0 Å². The maximum absolute atomic E-state index is 5.56. The van der Waals surface area contributed by atoms with E-state index in [0.29, 0.717) is 11.8 Å². The van der Waals surface area contributed by atoms with Gasteiger partial charge in [-0.15, -0.1) is 15.3 Å². The van der Waals surface area contributed by atoms with Crippen molar-refractivity contribution in [2.45, 2.75) is 32.2 Å². The van der Waals surface area contributed by atoms with Crippen LogP contribution in [0.3, 0.4) is 0 Å². The van der Waals surface area contributed by atoms with Crippen LogP contribution in [0.15, 0.2) is 16.3 Å². The van der Waals surface area contributed by atoms with Crippen LogP contribution in [0.4, 0.5) is 0 Å². The highest BCUT2D eigenvalue weighted by Gasteiger charge is 2.56. The zero-order valence-electron chi connectivity index (χ0n) is 9.69. The lowest BCUT2D eigenvalue weighted by molar-refractivity contribution is -0.0266. The molecule has 86 valence electrons. The molecule has 1 aliphatic heterocycles. The molecule has 0 spiro atoms. The topological polar surface area (TPSA) is 57.4 Å². The van der Waals surface area contributed by atoms with Crippen molar-refractivity contribution in [3.05, 3.63) is 23.7 Å². The number of hydrogen-bond acceptors (Lipinski definition) is 6. The highest BCUT2D eigenvalue weighted by Crippen LogP contribution is 2.51. The van der Waals surface area contributed by atoms with Gasteiger partial charge in [0.05, 0.1) is 0 Å². The molecule has 0 aromatic carbocycles. The van der Waals surface area contributed by atoms with Gasteiger partial charge < -0.3 is 9.84 Å². The summed E-state index contributed by atoms with van der Waals surface area (Å²) in [6, 6.07) is 0. The van der Waals surface area contributed by atoms with E-state index in [-0.39, 0.29) is 5.54 Å². The van der Waals surface area contributed by atoms with E-state index in [1.165, 1.54) is 0 Å². The maximum atomic E-state index is 5.56. The molecule has 2 heterocycles. The Kier molecular flexibility index (Phi) is 1.79. The van der Waals surface area contributed by atoms with Gasteiger partial charge in [0.2, 0.25) is 11.8 Å². The third kappa shape index (κ3) is 1.23. The highest BCUT2D eigenvalue weighted by atomic mass is 16.4. The van der Waals surface area contributed by atoms with Crippen LogP contribution in [-0.2, 0) is 5.54 Å². The summed E-state index contributed by atoms with van der Waals surface area (Å²) >= 11 is 0. The average Bonchev–Trinajstić information content (AvgIpc) is 2.80. The van der Waals surface area contributed by atoms with E-state index >= 15 is 0 Å².